The lowest BCUT2D eigenvalue weighted by Crippen LogP contribution is -2.41. The van der Waals surface area contributed by atoms with Gasteiger partial charge in [0.05, 0.1) is 0 Å². The molecule has 2 aromatic carbocycles. The summed E-state index contributed by atoms with van der Waals surface area (Å²) in [6.07, 6.45) is 0. The summed E-state index contributed by atoms with van der Waals surface area (Å²) in [5.41, 5.74) is 6.38. The molecule has 0 saturated heterocycles. The summed E-state index contributed by atoms with van der Waals surface area (Å²) in [7, 11) is 3.74. The molecule has 0 atom stereocenters. The van der Waals surface area contributed by atoms with Gasteiger partial charge in [-0.05, 0) is 30.3 Å². The van der Waals surface area contributed by atoms with Crippen LogP contribution in [0.15, 0.2) is 53.9 Å². The van der Waals surface area contributed by atoms with Gasteiger partial charge >= 0.3 is 0 Å². The van der Waals surface area contributed by atoms with Crippen molar-refractivity contribution in [3.63, 3.8) is 0 Å². The molecule has 1 heterocycles. The molecule has 0 aliphatic heterocycles. The average Bonchev–Trinajstić information content (AvgIpc) is 3.16. The molecular weight excluding hydrogens is 367 g/mol. The van der Waals surface area contributed by atoms with Crippen molar-refractivity contribution in [2.24, 2.45) is 0 Å². The van der Waals surface area contributed by atoms with Crippen LogP contribution < -0.4 is 15.8 Å². The van der Waals surface area contributed by atoms with Crippen molar-refractivity contribution in [1.82, 2.24) is 15.8 Å². The number of nitrogens with zero attached hydrogens (tertiary/aromatic N) is 2. The summed E-state index contributed by atoms with van der Waals surface area (Å²) >= 11 is 1.15. The molecule has 0 radical (unpaired) electrons. The Kier molecular flexibility index (Phi) is 5.46. The van der Waals surface area contributed by atoms with Gasteiger partial charge < -0.3 is 4.90 Å². The Morgan fingerprint density at radius 2 is 1.78 bits per heavy atom. The molecule has 0 spiro atoms. The predicted octanol–water partition coefficient (Wildman–Crippen LogP) is 3.09. The van der Waals surface area contributed by atoms with Crippen LogP contribution in [0.25, 0.3) is 10.6 Å². The van der Waals surface area contributed by atoms with E-state index in [0.29, 0.717) is 16.1 Å². The minimum absolute atomic E-state index is 0.0978. The number of carbonyl (C=O) groups is 2. The summed E-state index contributed by atoms with van der Waals surface area (Å²) in [5, 5.41) is 1.90. The van der Waals surface area contributed by atoms with Gasteiger partial charge in [-0.2, -0.15) is 0 Å². The first-order chi connectivity index (χ1) is 13.0. The molecule has 138 valence electrons. The van der Waals surface area contributed by atoms with Crippen LogP contribution in [-0.2, 0) is 0 Å². The van der Waals surface area contributed by atoms with Gasteiger partial charge in [-0.3, -0.25) is 20.4 Å². The Balaban J connectivity index is 1.65. The number of halogens is 1. The molecule has 0 saturated carbocycles. The molecule has 0 aliphatic carbocycles. The number of hydrazine groups is 1. The fourth-order valence-electron chi connectivity index (χ4n) is 2.31. The minimum Gasteiger partial charge on any atom is -0.378 e. The van der Waals surface area contributed by atoms with Crippen LogP contribution >= 0.6 is 11.3 Å². The van der Waals surface area contributed by atoms with Crippen molar-refractivity contribution in [1.29, 1.82) is 0 Å². The fourth-order valence-corrected chi connectivity index (χ4v) is 3.14. The smallest absolute Gasteiger partial charge is 0.289 e. The number of nitrogens with one attached hydrogen (secondary N) is 2. The second-order valence-corrected chi connectivity index (χ2v) is 6.73. The van der Waals surface area contributed by atoms with E-state index in [9.17, 15) is 14.0 Å². The van der Waals surface area contributed by atoms with Crippen molar-refractivity contribution >= 4 is 28.8 Å². The lowest BCUT2D eigenvalue weighted by atomic mass is 10.2. The van der Waals surface area contributed by atoms with Crippen molar-refractivity contribution < 1.29 is 14.0 Å². The van der Waals surface area contributed by atoms with Crippen LogP contribution in [0.3, 0.4) is 0 Å². The normalized spacial score (nSPS) is 10.3. The summed E-state index contributed by atoms with van der Waals surface area (Å²) < 4.78 is 13.8. The number of thiazole rings is 1. The first-order valence-corrected chi connectivity index (χ1v) is 8.92. The molecule has 0 unspecified atom stereocenters. The van der Waals surface area contributed by atoms with E-state index < -0.39 is 17.6 Å². The third-order valence-corrected chi connectivity index (χ3v) is 4.63. The van der Waals surface area contributed by atoms with E-state index >= 15 is 0 Å². The van der Waals surface area contributed by atoms with E-state index in [1.54, 1.807) is 36.4 Å². The summed E-state index contributed by atoms with van der Waals surface area (Å²) in [6, 6.07) is 13.2. The number of carbonyl (C=O) groups excluding carboxylic acids is 2. The number of amides is 2. The molecule has 6 nitrogen and oxygen atoms in total. The molecule has 0 bridgehead atoms. The highest BCUT2D eigenvalue weighted by Gasteiger charge is 2.15. The molecule has 3 rings (SSSR count). The van der Waals surface area contributed by atoms with Crippen LogP contribution in [0.1, 0.15) is 20.8 Å². The lowest BCUT2D eigenvalue weighted by molar-refractivity contribution is 0.0844. The van der Waals surface area contributed by atoms with Gasteiger partial charge in [-0.1, -0.05) is 18.2 Å². The largest absolute Gasteiger partial charge is 0.378 e. The van der Waals surface area contributed by atoms with Crippen LogP contribution in [0, 0.1) is 5.82 Å². The first kappa shape index (κ1) is 18.5. The molecule has 2 amide bonds. The van der Waals surface area contributed by atoms with Crippen molar-refractivity contribution in [2.45, 2.75) is 0 Å². The van der Waals surface area contributed by atoms with E-state index in [1.807, 2.05) is 25.1 Å². The monoisotopic (exact) mass is 384 g/mol. The number of anilines is 1. The third kappa shape index (κ3) is 4.29. The highest BCUT2D eigenvalue weighted by molar-refractivity contribution is 7.13. The molecule has 3 aromatic rings. The zero-order valence-electron chi connectivity index (χ0n) is 14.7. The van der Waals surface area contributed by atoms with Crippen LogP contribution in [0.2, 0.25) is 0 Å². The highest BCUT2D eigenvalue weighted by Crippen LogP contribution is 2.25. The zero-order chi connectivity index (χ0) is 19.4. The molecule has 2 N–H and O–H groups in total. The van der Waals surface area contributed by atoms with Crippen LogP contribution in [-0.4, -0.2) is 30.9 Å². The number of hydrogen-bond acceptors (Lipinski definition) is 5. The number of benzene rings is 2. The predicted molar refractivity (Wildman–Crippen MR) is 103 cm³/mol. The second-order valence-electron chi connectivity index (χ2n) is 5.87. The lowest BCUT2D eigenvalue weighted by Gasteiger charge is -2.13. The SMILES string of the molecule is CN(C)c1cccc(C(=O)NNC(=O)c2csc(-c3ccccc3F)n2)c1. The highest BCUT2D eigenvalue weighted by atomic mass is 32.1. The van der Waals surface area contributed by atoms with Gasteiger partial charge in [0.2, 0.25) is 0 Å². The minimum atomic E-state index is -0.578. The Hall–Kier alpha value is -3.26. The topological polar surface area (TPSA) is 74.3 Å². The van der Waals surface area contributed by atoms with Crippen molar-refractivity contribution in [2.75, 3.05) is 19.0 Å². The summed E-state index contributed by atoms with van der Waals surface area (Å²) in [5.74, 6) is -1.43. The Morgan fingerprint density at radius 1 is 1.04 bits per heavy atom. The molecular formula is C19H17FN4O2S. The Labute approximate surface area is 159 Å². The van der Waals surface area contributed by atoms with Gasteiger partial charge in [-0.25, -0.2) is 9.37 Å². The standard InChI is InChI=1S/C19H17FN4O2S/c1-24(2)13-7-5-6-12(10-13)17(25)22-23-18(26)16-11-27-19(21-16)14-8-3-4-9-15(14)20/h3-11H,1-2H3,(H,22,25)(H,23,26). The first-order valence-electron chi connectivity index (χ1n) is 8.04. The maximum absolute atomic E-state index is 13.8. The average molecular weight is 384 g/mol. The van der Waals surface area contributed by atoms with Gasteiger partial charge in [-0.15, -0.1) is 11.3 Å². The zero-order valence-corrected chi connectivity index (χ0v) is 15.5. The van der Waals surface area contributed by atoms with Crippen molar-refractivity contribution in [3.05, 3.63) is 71.0 Å². The van der Waals surface area contributed by atoms with E-state index in [0.717, 1.165) is 17.0 Å². The molecule has 8 heteroatoms. The number of rotatable bonds is 4. The van der Waals surface area contributed by atoms with E-state index in [1.165, 1.54) is 11.4 Å². The van der Waals surface area contributed by atoms with E-state index in [2.05, 4.69) is 15.8 Å². The Bertz CT molecular complexity index is 987. The molecule has 0 fully saturated rings. The quantitative estimate of drug-likeness (QED) is 0.678. The van der Waals surface area contributed by atoms with Crippen LogP contribution in [0.5, 0.6) is 0 Å². The van der Waals surface area contributed by atoms with Crippen molar-refractivity contribution in [3.8, 4) is 10.6 Å². The van der Waals surface area contributed by atoms with Crippen LogP contribution in [0.4, 0.5) is 10.1 Å². The second kappa shape index (κ2) is 7.96. The summed E-state index contributed by atoms with van der Waals surface area (Å²) in [4.78, 5) is 30.4. The Morgan fingerprint density at radius 3 is 2.52 bits per heavy atom. The van der Waals surface area contributed by atoms with E-state index in [-0.39, 0.29) is 5.69 Å². The third-order valence-electron chi connectivity index (χ3n) is 3.76. The van der Waals surface area contributed by atoms with Gasteiger partial charge in [0, 0.05) is 36.3 Å². The maximum atomic E-state index is 13.8. The summed E-state index contributed by atoms with van der Waals surface area (Å²) in [6.45, 7) is 0. The van der Waals surface area contributed by atoms with Gasteiger partial charge in [0.1, 0.15) is 16.5 Å². The fraction of sp³-hybridized carbons (Fsp3) is 0.105. The van der Waals surface area contributed by atoms with Gasteiger partial charge in [0.25, 0.3) is 11.8 Å². The van der Waals surface area contributed by atoms with Gasteiger partial charge in [0.15, 0.2) is 0 Å². The van der Waals surface area contributed by atoms with E-state index in [4.69, 9.17) is 0 Å². The number of hydrogen-bond donors (Lipinski definition) is 2. The molecule has 27 heavy (non-hydrogen) atoms. The molecule has 1 aromatic heterocycles. The molecule has 0 aliphatic rings. The number of aromatic nitrogens is 1. The maximum Gasteiger partial charge on any atom is 0.289 e.